The molecule has 1 heterocycles. The molecule has 1 amide bonds. The Bertz CT molecular complexity index is 1350. The van der Waals surface area contributed by atoms with Crippen LogP contribution in [0.4, 0.5) is 0 Å². The fourth-order valence-electron chi connectivity index (χ4n) is 3.46. The molecule has 1 aromatic heterocycles. The molecule has 0 radical (unpaired) electrons. The first kappa shape index (κ1) is 25.1. The van der Waals surface area contributed by atoms with E-state index in [1.807, 2.05) is 21.0 Å². The Labute approximate surface area is 197 Å². The Morgan fingerprint density at radius 2 is 1.71 bits per heavy atom. The van der Waals surface area contributed by atoms with E-state index in [4.69, 9.17) is 0 Å². The first-order chi connectivity index (χ1) is 16.3. The quantitative estimate of drug-likeness (QED) is 0.238. The van der Waals surface area contributed by atoms with Gasteiger partial charge < -0.3 is 30.5 Å². The lowest BCUT2D eigenvalue weighted by molar-refractivity contribution is 0.0951. The second-order valence-electron chi connectivity index (χ2n) is 8.25. The molecular weight excluding hydrogens is 436 g/mol. The number of carbonyl (C=O) groups is 1. The highest BCUT2D eigenvalue weighted by Crippen LogP contribution is 2.15. The van der Waals surface area contributed by atoms with Crippen molar-refractivity contribution in [3.8, 4) is 5.75 Å². The molecule has 34 heavy (non-hydrogen) atoms. The minimum absolute atomic E-state index is 0.0243. The van der Waals surface area contributed by atoms with Gasteiger partial charge in [-0.1, -0.05) is 13.8 Å². The van der Waals surface area contributed by atoms with Crippen molar-refractivity contribution in [2.45, 2.75) is 13.8 Å². The molecule has 182 valence electrons. The number of fused-ring (bicyclic) bond motifs is 2. The smallest absolute Gasteiger partial charge is 0.253 e. The third-order valence-corrected chi connectivity index (χ3v) is 5.88. The van der Waals surface area contributed by atoms with Gasteiger partial charge in [0.25, 0.3) is 5.91 Å². The summed E-state index contributed by atoms with van der Waals surface area (Å²) < 4.78 is 0. The Balaban J connectivity index is 2.07. The van der Waals surface area contributed by atoms with Gasteiger partial charge in [-0.15, -0.1) is 0 Å². The third kappa shape index (κ3) is 5.52. The molecule has 10 heteroatoms. The van der Waals surface area contributed by atoms with Gasteiger partial charge >= 0.3 is 0 Å². The molecule has 4 N–H and O–H groups in total. The lowest BCUT2D eigenvalue weighted by Gasteiger charge is -2.14. The molecular formula is C24H32N6O4. The number of H-pyrrole nitrogens is 1. The molecule has 0 aliphatic rings. The number of aromatic hydroxyl groups is 1. The summed E-state index contributed by atoms with van der Waals surface area (Å²) in [6.45, 7) is 8.35. The van der Waals surface area contributed by atoms with E-state index in [0.29, 0.717) is 24.9 Å². The van der Waals surface area contributed by atoms with Crippen LogP contribution in [-0.2, 0) is 0 Å². The van der Waals surface area contributed by atoms with Crippen LogP contribution in [0.15, 0.2) is 27.8 Å². The van der Waals surface area contributed by atoms with E-state index in [1.54, 1.807) is 6.20 Å². The summed E-state index contributed by atoms with van der Waals surface area (Å²) in [5.74, 6) is -0.609. The SMILES string of the molecule is CCN(C)CCNC=c1c(O)cc(=O)c2[nH]c3c(C(=O)NCCN(C)CC)ccc(=O)c3nc12. The molecule has 0 bridgehead atoms. The van der Waals surface area contributed by atoms with Crippen LogP contribution in [-0.4, -0.2) is 84.1 Å². The maximum atomic E-state index is 12.8. The van der Waals surface area contributed by atoms with Crippen molar-refractivity contribution in [2.24, 2.45) is 0 Å². The fraction of sp³-hybridized carbons (Fsp3) is 0.417. The van der Waals surface area contributed by atoms with Crippen LogP contribution in [0.1, 0.15) is 24.2 Å². The maximum absolute atomic E-state index is 12.8. The molecule has 3 aromatic rings. The van der Waals surface area contributed by atoms with Crippen molar-refractivity contribution >= 4 is 34.2 Å². The van der Waals surface area contributed by atoms with Crippen molar-refractivity contribution in [3.63, 3.8) is 0 Å². The Morgan fingerprint density at radius 3 is 2.38 bits per heavy atom. The van der Waals surface area contributed by atoms with Crippen molar-refractivity contribution in [3.05, 3.63) is 49.4 Å². The summed E-state index contributed by atoms with van der Waals surface area (Å²) in [7, 11) is 3.95. The average molecular weight is 469 g/mol. The Hall–Kier alpha value is -3.50. The molecule has 0 aliphatic heterocycles. The molecule has 0 saturated heterocycles. The number of benzene rings is 2. The zero-order valence-corrected chi connectivity index (χ0v) is 20.1. The number of nitrogens with one attached hydrogen (secondary N) is 3. The number of hydrogen-bond acceptors (Lipinski definition) is 8. The highest BCUT2D eigenvalue weighted by atomic mass is 16.3. The topological polar surface area (TPSA) is 131 Å². The van der Waals surface area contributed by atoms with Crippen LogP contribution < -0.4 is 26.7 Å². The Morgan fingerprint density at radius 1 is 1.03 bits per heavy atom. The predicted molar refractivity (Wildman–Crippen MR) is 134 cm³/mol. The van der Waals surface area contributed by atoms with Gasteiger partial charge in [0, 0.05) is 38.4 Å². The first-order valence-electron chi connectivity index (χ1n) is 11.4. The van der Waals surface area contributed by atoms with E-state index in [9.17, 15) is 19.5 Å². The minimum atomic E-state index is -0.489. The summed E-state index contributed by atoms with van der Waals surface area (Å²) in [5.41, 5.74) is -0.181. The molecule has 0 fully saturated rings. The van der Waals surface area contributed by atoms with Crippen LogP contribution in [0.5, 0.6) is 5.75 Å². The minimum Gasteiger partial charge on any atom is -0.507 e. The van der Waals surface area contributed by atoms with Crippen molar-refractivity contribution in [1.82, 2.24) is 30.4 Å². The number of aromatic amines is 1. The average Bonchev–Trinajstić information content (AvgIpc) is 2.82. The standard InChI is InChI=1S/C24H32N6O4/c1-5-29(3)11-9-25-14-16-18(32)13-19(33)23-21(16)28-22-17(31)8-7-15(20(22)27-23)24(34)26-10-12-30(4)6-2/h7-8,13-14,25,27,32H,5-6,9-12H2,1-4H3,(H,26,34). The van der Waals surface area contributed by atoms with Gasteiger partial charge in [0.2, 0.25) is 10.9 Å². The maximum Gasteiger partial charge on any atom is 0.253 e. The van der Waals surface area contributed by atoms with Gasteiger partial charge in [-0.2, -0.15) is 0 Å². The first-order valence-corrected chi connectivity index (χ1v) is 11.4. The molecule has 0 atom stereocenters. The molecule has 0 spiro atoms. The predicted octanol–water partition coefficient (Wildman–Crippen LogP) is -0.178. The molecule has 0 unspecified atom stereocenters. The zero-order chi connectivity index (χ0) is 24.8. The van der Waals surface area contributed by atoms with Crippen LogP contribution in [0.25, 0.3) is 28.3 Å². The van der Waals surface area contributed by atoms with E-state index < -0.39 is 10.9 Å². The summed E-state index contributed by atoms with van der Waals surface area (Å²) >= 11 is 0. The van der Waals surface area contributed by atoms with Crippen LogP contribution in [0.2, 0.25) is 0 Å². The van der Waals surface area contributed by atoms with E-state index in [2.05, 4.69) is 37.3 Å². The number of amides is 1. The van der Waals surface area contributed by atoms with Crippen LogP contribution >= 0.6 is 0 Å². The van der Waals surface area contributed by atoms with Gasteiger partial charge in [0.1, 0.15) is 22.3 Å². The molecule has 3 rings (SSSR count). The Kier molecular flexibility index (Phi) is 8.19. The second-order valence-corrected chi connectivity index (χ2v) is 8.25. The lowest BCUT2D eigenvalue weighted by atomic mass is 10.1. The van der Waals surface area contributed by atoms with E-state index in [-0.39, 0.29) is 39.3 Å². The third-order valence-electron chi connectivity index (χ3n) is 5.88. The fourth-order valence-corrected chi connectivity index (χ4v) is 3.46. The number of likely N-dealkylation sites (N-methyl/N-ethyl adjacent to an activating group) is 2. The number of nitrogens with zero attached hydrogens (tertiary/aromatic N) is 3. The van der Waals surface area contributed by atoms with Gasteiger partial charge in [-0.3, -0.25) is 14.4 Å². The summed E-state index contributed by atoms with van der Waals surface area (Å²) in [6, 6.07) is 3.81. The number of phenols is 1. The number of hydrogen-bond donors (Lipinski definition) is 4. The normalized spacial score (nSPS) is 12.2. The molecule has 0 aliphatic carbocycles. The number of phenolic OH excluding ortho intramolecular Hbond substituents is 1. The van der Waals surface area contributed by atoms with E-state index in [0.717, 1.165) is 25.7 Å². The lowest BCUT2D eigenvalue weighted by Crippen LogP contribution is -2.33. The summed E-state index contributed by atoms with van der Waals surface area (Å²) in [6.07, 6.45) is 1.58. The number of carbonyl (C=O) groups excluding carboxylic acids is 1. The monoisotopic (exact) mass is 468 g/mol. The summed E-state index contributed by atoms with van der Waals surface area (Å²) in [5, 5.41) is 16.7. The van der Waals surface area contributed by atoms with E-state index in [1.165, 1.54) is 12.1 Å². The van der Waals surface area contributed by atoms with Gasteiger partial charge in [0.05, 0.1) is 16.3 Å². The van der Waals surface area contributed by atoms with Crippen molar-refractivity contribution in [1.29, 1.82) is 0 Å². The number of rotatable bonds is 10. The van der Waals surface area contributed by atoms with E-state index >= 15 is 0 Å². The molecule has 2 aromatic carbocycles. The van der Waals surface area contributed by atoms with Crippen LogP contribution in [0, 0.1) is 0 Å². The second kappa shape index (κ2) is 11.1. The highest BCUT2D eigenvalue weighted by molar-refractivity contribution is 6.06. The van der Waals surface area contributed by atoms with Crippen LogP contribution in [0.3, 0.4) is 0 Å². The molecule has 10 nitrogen and oxygen atoms in total. The summed E-state index contributed by atoms with van der Waals surface area (Å²) in [4.78, 5) is 49.6. The van der Waals surface area contributed by atoms with Gasteiger partial charge in [0.15, 0.2) is 0 Å². The molecule has 0 saturated carbocycles. The van der Waals surface area contributed by atoms with Gasteiger partial charge in [-0.05, 0) is 39.3 Å². The highest BCUT2D eigenvalue weighted by Gasteiger charge is 2.17. The van der Waals surface area contributed by atoms with Crippen molar-refractivity contribution in [2.75, 3.05) is 53.4 Å². The largest absolute Gasteiger partial charge is 0.507 e. The zero-order valence-electron chi connectivity index (χ0n) is 20.1. The van der Waals surface area contributed by atoms with Crippen molar-refractivity contribution < 1.29 is 9.90 Å². The number of aromatic nitrogens is 2. The van der Waals surface area contributed by atoms with Gasteiger partial charge in [-0.25, -0.2) is 4.98 Å².